The molecule has 0 fully saturated rings. The van der Waals surface area contributed by atoms with Gasteiger partial charge in [-0.2, -0.15) is 0 Å². The number of rotatable bonds is 4. The normalized spacial score (nSPS) is 12.3. The van der Waals surface area contributed by atoms with E-state index < -0.39 is 10.8 Å². The molecule has 2 aromatic carbocycles. The Morgan fingerprint density at radius 1 is 1.17 bits per heavy atom. The van der Waals surface area contributed by atoms with E-state index in [1.165, 1.54) is 0 Å². The molecule has 0 radical (unpaired) electrons. The van der Waals surface area contributed by atoms with Gasteiger partial charge in [0.2, 0.25) is 0 Å². The lowest BCUT2D eigenvalue weighted by molar-refractivity contribution is 0.102. The van der Waals surface area contributed by atoms with Crippen molar-refractivity contribution in [1.82, 2.24) is 4.98 Å². The third-order valence-electron chi connectivity index (χ3n) is 3.89. The van der Waals surface area contributed by atoms with Gasteiger partial charge in [0.15, 0.2) is 0 Å². The van der Waals surface area contributed by atoms with Gasteiger partial charge >= 0.3 is 0 Å². The van der Waals surface area contributed by atoms with Gasteiger partial charge in [0.1, 0.15) is 5.69 Å². The van der Waals surface area contributed by atoms with Gasteiger partial charge in [-0.25, -0.2) is 0 Å². The molecule has 1 heterocycles. The summed E-state index contributed by atoms with van der Waals surface area (Å²) in [5, 5.41) is 3.95. The van der Waals surface area contributed by atoms with Gasteiger partial charge in [-0.1, -0.05) is 18.2 Å². The number of fused-ring (bicyclic) bond motifs is 1. The van der Waals surface area contributed by atoms with Crippen molar-refractivity contribution in [2.45, 2.75) is 19.6 Å². The molecule has 0 aliphatic carbocycles. The minimum atomic E-state index is -0.908. The molecule has 0 unspecified atom stereocenters. The predicted octanol–water partition coefficient (Wildman–Crippen LogP) is 3.92. The Morgan fingerprint density at radius 3 is 2.71 bits per heavy atom. The minimum Gasteiger partial charge on any atom is -0.351 e. The molecule has 0 spiro atoms. The molecule has 0 saturated heterocycles. The molecule has 4 nitrogen and oxygen atoms in total. The SMILES string of the molecule is Cc1cc(C)c2cc(C(=O)Nc3cccc(C[S@](C)=O)c3)[nH]c2c1. The van der Waals surface area contributed by atoms with Crippen molar-refractivity contribution >= 4 is 33.3 Å². The fourth-order valence-corrected chi connectivity index (χ4v) is 3.54. The maximum absolute atomic E-state index is 12.5. The zero-order valence-electron chi connectivity index (χ0n) is 14.0. The summed E-state index contributed by atoms with van der Waals surface area (Å²) in [6, 6.07) is 13.5. The van der Waals surface area contributed by atoms with E-state index in [0.29, 0.717) is 17.1 Å². The van der Waals surface area contributed by atoms with Crippen LogP contribution in [0.5, 0.6) is 0 Å². The Morgan fingerprint density at radius 2 is 1.96 bits per heavy atom. The fourth-order valence-electron chi connectivity index (χ4n) is 2.89. The van der Waals surface area contributed by atoms with Gasteiger partial charge in [0.05, 0.1) is 0 Å². The summed E-state index contributed by atoms with van der Waals surface area (Å²) < 4.78 is 11.3. The lowest BCUT2D eigenvalue weighted by Crippen LogP contribution is -2.12. The maximum atomic E-state index is 12.5. The smallest absolute Gasteiger partial charge is 0.272 e. The van der Waals surface area contributed by atoms with E-state index in [1.54, 1.807) is 6.26 Å². The average molecular weight is 340 g/mol. The van der Waals surface area contributed by atoms with Gasteiger partial charge in [-0.15, -0.1) is 0 Å². The molecule has 2 N–H and O–H groups in total. The van der Waals surface area contributed by atoms with Crippen LogP contribution in [0.25, 0.3) is 10.9 Å². The highest BCUT2D eigenvalue weighted by Crippen LogP contribution is 2.22. The number of amides is 1. The zero-order chi connectivity index (χ0) is 17.3. The Bertz CT molecular complexity index is 944. The number of aromatic nitrogens is 1. The largest absolute Gasteiger partial charge is 0.351 e. The van der Waals surface area contributed by atoms with Crippen LogP contribution in [0.1, 0.15) is 27.2 Å². The van der Waals surface area contributed by atoms with Crippen molar-refractivity contribution in [2.24, 2.45) is 0 Å². The van der Waals surface area contributed by atoms with Crippen molar-refractivity contribution in [3.63, 3.8) is 0 Å². The molecule has 3 rings (SSSR count). The summed E-state index contributed by atoms with van der Waals surface area (Å²) in [4.78, 5) is 15.7. The summed E-state index contributed by atoms with van der Waals surface area (Å²) in [6.07, 6.45) is 1.67. The number of nitrogens with one attached hydrogen (secondary N) is 2. The van der Waals surface area contributed by atoms with Crippen molar-refractivity contribution in [3.8, 4) is 0 Å². The first-order valence-corrected chi connectivity index (χ1v) is 9.45. The van der Waals surface area contributed by atoms with Crippen LogP contribution in [0.15, 0.2) is 42.5 Å². The second kappa shape index (κ2) is 6.61. The first-order chi connectivity index (χ1) is 11.4. The molecule has 0 aliphatic rings. The Hall–Kier alpha value is -2.40. The topological polar surface area (TPSA) is 62.0 Å². The van der Waals surface area contributed by atoms with E-state index in [0.717, 1.165) is 27.6 Å². The van der Waals surface area contributed by atoms with Crippen LogP contribution in [0.3, 0.4) is 0 Å². The van der Waals surface area contributed by atoms with Crippen LogP contribution >= 0.6 is 0 Å². The molecule has 1 amide bonds. The molecular formula is C19H20N2O2S. The molecule has 3 aromatic rings. The van der Waals surface area contributed by atoms with Crippen molar-refractivity contribution in [1.29, 1.82) is 0 Å². The fraction of sp³-hybridized carbons (Fsp3) is 0.211. The van der Waals surface area contributed by atoms with Gasteiger partial charge in [0, 0.05) is 39.4 Å². The number of aryl methyl sites for hydroxylation is 2. The van der Waals surface area contributed by atoms with Crippen molar-refractivity contribution in [2.75, 3.05) is 11.6 Å². The van der Waals surface area contributed by atoms with Crippen LogP contribution in [0.2, 0.25) is 0 Å². The van der Waals surface area contributed by atoms with Crippen LogP contribution < -0.4 is 5.32 Å². The average Bonchev–Trinajstić information content (AvgIpc) is 2.91. The minimum absolute atomic E-state index is 0.182. The van der Waals surface area contributed by atoms with Crippen LogP contribution in [0.4, 0.5) is 5.69 Å². The quantitative estimate of drug-likeness (QED) is 0.756. The number of hydrogen-bond acceptors (Lipinski definition) is 2. The monoisotopic (exact) mass is 340 g/mol. The Kier molecular flexibility index (Phi) is 4.53. The molecule has 0 saturated carbocycles. The highest BCUT2D eigenvalue weighted by molar-refractivity contribution is 7.83. The van der Waals surface area contributed by atoms with E-state index in [2.05, 4.69) is 16.4 Å². The summed E-state index contributed by atoms with van der Waals surface area (Å²) in [7, 11) is -0.908. The van der Waals surface area contributed by atoms with Gasteiger partial charge in [-0.3, -0.25) is 9.00 Å². The van der Waals surface area contributed by atoms with Crippen LogP contribution in [0, 0.1) is 13.8 Å². The summed E-state index contributed by atoms with van der Waals surface area (Å²) in [5.41, 5.74) is 5.45. The maximum Gasteiger partial charge on any atom is 0.272 e. The van der Waals surface area contributed by atoms with Crippen LogP contribution in [-0.4, -0.2) is 21.4 Å². The van der Waals surface area contributed by atoms with E-state index in [9.17, 15) is 9.00 Å². The summed E-state index contributed by atoms with van der Waals surface area (Å²) in [5.74, 6) is 0.298. The highest BCUT2D eigenvalue weighted by Gasteiger charge is 2.12. The van der Waals surface area contributed by atoms with E-state index in [1.807, 2.05) is 50.2 Å². The molecule has 0 aliphatic heterocycles. The first kappa shape index (κ1) is 16.5. The van der Waals surface area contributed by atoms with Crippen LogP contribution in [-0.2, 0) is 16.6 Å². The number of benzene rings is 2. The number of carbonyl (C=O) groups excluding carboxylic acids is 1. The Balaban J connectivity index is 1.85. The van der Waals surface area contributed by atoms with Crippen molar-refractivity contribution in [3.05, 3.63) is 64.8 Å². The zero-order valence-corrected chi connectivity index (χ0v) is 14.8. The van der Waals surface area contributed by atoms with E-state index in [4.69, 9.17) is 0 Å². The second-order valence-corrected chi connectivity index (χ2v) is 7.53. The number of carbonyl (C=O) groups is 1. The second-order valence-electron chi connectivity index (χ2n) is 6.10. The molecule has 0 bridgehead atoms. The van der Waals surface area contributed by atoms with Gasteiger partial charge in [-0.05, 0) is 54.8 Å². The first-order valence-electron chi connectivity index (χ1n) is 7.72. The Labute approximate surface area is 143 Å². The lowest BCUT2D eigenvalue weighted by Gasteiger charge is -2.06. The third kappa shape index (κ3) is 3.57. The van der Waals surface area contributed by atoms with Crippen molar-refractivity contribution < 1.29 is 9.00 Å². The molecular weight excluding hydrogens is 320 g/mol. The third-order valence-corrected chi connectivity index (χ3v) is 4.63. The molecule has 124 valence electrons. The highest BCUT2D eigenvalue weighted by atomic mass is 32.2. The standard InChI is InChI=1S/C19H20N2O2S/c1-12-7-13(2)16-10-18(21-17(16)8-12)19(22)20-15-6-4-5-14(9-15)11-24(3)23/h4-10,21H,11H2,1-3H3,(H,20,22)/t24-/m0/s1. The molecule has 1 atom stereocenters. The summed E-state index contributed by atoms with van der Waals surface area (Å²) >= 11 is 0. The number of H-pyrrole nitrogens is 1. The van der Waals surface area contributed by atoms with Gasteiger partial charge in [0.25, 0.3) is 5.91 Å². The van der Waals surface area contributed by atoms with E-state index in [-0.39, 0.29) is 5.91 Å². The molecule has 5 heteroatoms. The molecule has 24 heavy (non-hydrogen) atoms. The summed E-state index contributed by atoms with van der Waals surface area (Å²) in [6.45, 7) is 4.08. The lowest BCUT2D eigenvalue weighted by atomic mass is 10.1. The number of anilines is 1. The number of aromatic amines is 1. The molecule has 1 aromatic heterocycles. The predicted molar refractivity (Wildman–Crippen MR) is 99.9 cm³/mol. The number of hydrogen-bond donors (Lipinski definition) is 2. The van der Waals surface area contributed by atoms with Gasteiger partial charge < -0.3 is 10.3 Å². The van der Waals surface area contributed by atoms with E-state index >= 15 is 0 Å².